The summed E-state index contributed by atoms with van der Waals surface area (Å²) in [6.07, 6.45) is 51.9. The van der Waals surface area contributed by atoms with Crippen LogP contribution >= 0.6 is 0 Å². The maximum atomic E-state index is 12.5. The van der Waals surface area contributed by atoms with Crippen LogP contribution in [0.4, 0.5) is 0 Å². The van der Waals surface area contributed by atoms with E-state index in [0.29, 0.717) is 19.3 Å². The van der Waals surface area contributed by atoms with Crippen LogP contribution < -0.4 is 5.32 Å². The van der Waals surface area contributed by atoms with Gasteiger partial charge >= 0.3 is 0 Å². The summed E-state index contributed by atoms with van der Waals surface area (Å²) in [6.45, 7) is 4.03. The van der Waals surface area contributed by atoms with Gasteiger partial charge in [0.25, 0.3) is 0 Å². The van der Waals surface area contributed by atoms with Gasteiger partial charge in [0.2, 0.25) is 5.91 Å². The third-order valence-electron chi connectivity index (χ3n) is 11.1. The van der Waals surface area contributed by atoms with Crippen molar-refractivity contribution in [3.05, 3.63) is 36.5 Å². The summed E-state index contributed by atoms with van der Waals surface area (Å²) in [6, 6.07) is -1.01. The first-order valence-corrected chi connectivity index (χ1v) is 23.9. The Balaban J connectivity index is 3.77. The van der Waals surface area contributed by atoms with Crippen molar-refractivity contribution in [3.8, 4) is 0 Å². The number of aliphatic hydroxyl groups is 4. The van der Waals surface area contributed by atoms with Gasteiger partial charge in [0.1, 0.15) is 12.2 Å². The van der Waals surface area contributed by atoms with E-state index in [2.05, 4.69) is 55.6 Å². The molecule has 0 aliphatic carbocycles. The maximum Gasteiger partial charge on any atom is 0.249 e. The zero-order valence-corrected chi connectivity index (χ0v) is 36.4. The Hall–Kier alpha value is -1.47. The van der Waals surface area contributed by atoms with Crippen molar-refractivity contribution in [2.75, 3.05) is 6.61 Å². The molecule has 0 spiro atoms. The third-order valence-corrected chi connectivity index (χ3v) is 11.1. The van der Waals surface area contributed by atoms with Crippen LogP contribution in [0.2, 0.25) is 0 Å². The van der Waals surface area contributed by atoms with Crippen molar-refractivity contribution in [1.29, 1.82) is 0 Å². The number of hydrogen-bond acceptors (Lipinski definition) is 5. The van der Waals surface area contributed by atoms with Gasteiger partial charge in [-0.3, -0.25) is 4.79 Å². The smallest absolute Gasteiger partial charge is 0.249 e. The summed E-state index contributed by atoms with van der Waals surface area (Å²) in [5.41, 5.74) is 0. The molecule has 0 aliphatic heterocycles. The van der Waals surface area contributed by atoms with Gasteiger partial charge < -0.3 is 25.7 Å². The van der Waals surface area contributed by atoms with E-state index >= 15 is 0 Å². The molecule has 0 bridgehead atoms. The van der Waals surface area contributed by atoms with E-state index < -0.39 is 36.9 Å². The molecule has 6 heteroatoms. The average Bonchev–Trinajstić information content (AvgIpc) is 3.19. The van der Waals surface area contributed by atoms with Crippen molar-refractivity contribution in [2.45, 2.75) is 263 Å². The van der Waals surface area contributed by atoms with Crippen molar-refractivity contribution in [2.24, 2.45) is 0 Å². The first-order valence-electron chi connectivity index (χ1n) is 23.9. The fourth-order valence-electron chi connectivity index (χ4n) is 7.24. The number of unbranched alkanes of at least 4 members (excludes halogenated alkanes) is 28. The highest BCUT2D eigenvalue weighted by molar-refractivity contribution is 5.80. The minimum absolute atomic E-state index is 0.346. The number of carbonyl (C=O) groups is 1. The minimum Gasteiger partial charge on any atom is -0.394 e. The number of hydrogen-bond donors (Lipinski definition) is 5. The first-order chi connectivity index (χ1) is 27.0. The Morgan fingerprint density at radius 2 is 0.764 bits per heavy atom. The highest BCUT2D eigenvalue weighted by Crippen LogP contribution is 2.15. The Bertz CT molecular complexity index is 873. The van der Waals surface area contributed by atoms with Crippen LogP contribution in [0, 0.1) is 0 Å². The second kappa shape index (κ2) is 43.6. The zero-order valence-electron chi connectivity index (χ0n) is 36.4. The number of amides is 1. The van der Waals surface area contributed by atoms with E-state index in [0.717, 1.165) is 51.4 Å². The predicted octanol–water partition coefficient (Wildman–Crippen LogP) is 12.9. The molecule has 0 rings (SSSR count). The second-order valence-corrected chi connectivity index (χ2v) is 16.4. The molecule has 0 saturated carbocycles. The second-order valence-electron chi connectivity index (χ2n) is 16.4. The number of rotatable bonds is 43. The van der Waals surface area contributed by atoms with E-state index in [1.165, 1.54) is 154 Å². The van der Waals surface area contributed by atoms with Gasteiger partial charge in [-0.25, -0.2) is 0 Å². The van der Waals surface area contributed by atoms with E-state index in [9.17, 15) is 25.2 Å². The molecule has 0 radical (unpaired) electrons. The molecule has 0 aliphatic rings. The van der Waals surface area contributed by atoms with Gasteiger partial charge in [-0.1, -0.05) is 198 Å². The summed E-state index contributed by atoms with van der Waals surface area (Å²) in [7, 11) is 0. The molecule has 0 aromatic carbocycles. The molecular weight excluding hydrogens is 683 g/mol. The van der Waals surface area contributed by atoms with Crippen molar-refractivity contribution in [3.63, 3.8) is 0 Å². The highest BCUT2D eigenvalue weighted by Gasteiger charge is 2.28. The Morgan fingerprint density at radius 1 is 0.436 bits per heavy atom. The van der Waals surface area contributed by atoms with Crippen molar-refractivity contribution >= 4 is 5.91 Å². The van der Waals surface area contributed by atoms with Gasteiger partial charge in [0.05, 0.1) is 18.8 Å². The molecule has 4 atom stereocenters. The van der Waals surface area contributed by atoms with Gasteiger partial charge in [-0.05, 0) is 77.0 Å². The van der Waals surface area contributed by atoms with Crippen LogP contribution in [0.1, 0.15) is 239 Å². The maximum absolute atomic E-state index is 12.5. The lowest BCUT2D eigenvalue weighted by Gasteiger charge is -2.27. The molecule has 0 fully saturated rings. The van der Waals surface area contributed by atoms with Crippen LogP contribution in [0.25, 0.3) is 0 Å². The monoisotopic (exact) mass is 776 g/mol. The quantitative estimate of drug-likeness (QED) is 0.0313. The fraction of sp³-hybridized carbons (Fsp3) is 0.857. The van der Waals surface area contributed by atoms with Crippen LogP contribution in [0.3, 0.4) is 0 Å². The largest absolute Gasteiger partial charge is 0.394 e. The summed E-state index contributed by atoms with van der Waals surface area (Å²) in [4.78, 5) is 12.5. The SMILES string of the molecule is CCCCCCCCC/C=C\CCCCCCC(O)C(=O)NC(CO)C(O)C(O)CCC/C=C/CC/C=C/CCCCCCCCCCCCCCCCC. The fourth-order valence-corrected chi connectivity index (χ4v) is 7.24. The zero-order chi connectivity index (χ0) is 40.3. The van der Waals surface area contributed by atoms with Gasteiger partial charge in [-0.15, -0.1) is 0 Å². The molecule has 4 unspecified atom stereocenters. The lowest BCUT2D eigenvalue weighted by molar-refractivity contribution is -0.132. The molecule has 0 aromatic heterocycles. The molecule has 0 aromatic rings. The van der Waals surface area contributed by atoms with Crippen LogP contribution in [0.5, 0.6) is 0 Å². The Morgan fingerprint density at radius 3 is 1.15 bits per heavy atom. The molecule has 5 N–H and O–H groups in total. The molecule has 324 valence electrons. The lowest BCUT2D eigenvalue weighted by atomic mass is 10.00. The van der Waals surface area contributed by atoms with E-state index in [-0.39, 0.29) is 0 Å². The average molecular weight is 776 g/mol. The van der Waals surface area contributed by atoms with Crippen LogP contribution in [-0.2, 0) is 4.79 Å². The van der Waals surface area contributed by atoms with Crippen molar-refractivity contribution < 1.29 is 25.2 Å². The first kappa shape index (κ1) is 53.5. The number of aliphatic hydroxyl groups excluding tert-OH is 4. The molecule has 6 nitrogen and oxygen atoms in total. The summed E-state index contributed by atoms with van der Waals surface area (Å²) in [5.74, 6) is -0.606. The number of carbonyl (C=O) groups excluding carboxylic acids is 1. The van der Waals surface area contributed by atoms with E-state index in [1.807, 2.05) is 0 Å². The van der Waals surface area contributed by atoms with Crippen LogP contribution in [0.15, 0.2) is 36.5 Å². The van der Waals surface area contributed by atoms with Gasteiger partial charge in [-0.2, -0.15) is 0 Å². The van der Waals surface area contributed by atoms with Gasteiger partial charge in [0.15, 0.2) is 0 Å². The Labute approximate surface area is 341 Å². The molecular formula is C49H93NO5. The van der Waals surface area contributed by atoms with Crippen molar-refractivity contribution in [1.82, 2.24) is 5.32 Å². The Kier molecular flexibility index (Phi) is 42.5. The summed E-state index contributed by atoms with van der Waals surface area (Å²) < 4.78 is 0. The number of allylic oxidation sites excluding steroid dienone is 6. The standard InChI is InChI=1S/C49H93NO5/c1-3-5-7-9-11-13-15-17-19-20-21-22-23-24-25-26-27-29-30-32-34-36-38-40-42-46(52)48(54)45(44-51)50-49(55)47(53)43-41-39-37-35-33-31-28-18-16-14-12-10-8-6-4-2/h27-29,31,34,36,45-48,51-54H,3-26,30,32-33,35,37-44H2,1-2H3,(H,50,55)/b29-27+,31-28-,36-34+. The third kappa shape index (κ3) is 37.8. The minimum atomic E-state index is -1.29. The van der Waals surface area contributed by atoms with Crippen LogP contribution in [-0.4, -0.2) is 57.3 Å². The predicted molar refractivity (Wildman–Crippen MR) is 237 cm³/mol. The van der Waals surface area contributed by atoms with E-state index in [4.69, 9.17) is 0 Å². The highest BCUT2D eigenvalue weighted by atomic mass is 16.3. The lowest BCUT2D eigenvalue weighted by Crippen LogP contribution is -2.53. The number of nitrogens with one attached hydrogen (secondary N) is 1. The summed E-state index contributed by atoms with van der Waals surface area (Å²) in [5, 5.41) is 43.7. The molecule has 0 saturated heterocycles. The molecule has 0 heterocycles. The summed E-state index contributed by atoms with van der Waals surface area (Å²) >= 11 is 0. The van der Waals surface area contributed by atoms with Gasteiger partial charge in [0, 0.05) is 0 Å². The normalized spacial score (nSPS) is 14.4. The molecule has 55 heavy (non-hydrogen) atoms. The molecule has 1 amide bonds. The topological polar surface area (TPSA) is 110 Å². The van der Waals surface area contributed by atoms with E-state index in [1.54, 1.807) is 0 Å².